The Balaban J connectivity index is 1.67. The number of ether oxygens (including phenoxy) is 1. The van der Waals surface area contributed by atoms with Crippen LogP contribution in [0.25, 0.3) is 0 Å². The highest BCUT2D eigenvalue weighted by Crippen LogP contribution is 2.39. The van der Waals surface area contributed by atoms with Crippen molar-refractivity contribution in [1.29, 1.82) is 0 Å². The second-order valence-corrected chi connectivity index (χ2v) is 7.87. The lowest BCUT2D eigenvalue weighted by atomic mass is 9.95. The van der Waals surface area contributed by atoms with Gasteiger partial charge in [0.1, 0.15) is 10.8 Å². The smallest absolute Gasteiger partial charge is 0.259 e. The van der Waals surface area contributed by atoms with Crippen molar-refractivity contribution in [3.8, 4) is 5.75 Å². The Morgan fingerprint density at radius 3 is 2.66 bits per heavy atom. The molecule has 2 amide bonds. The fourth-order valence-electron chi connectivity index (χ4n) is 3.50. The average molecular weight is 407 g/mol. The number of para-hydroxylation sites is 2. The first-order valence-electron chi connectivity index (χ1n) is 9.47. The summed E-state index contributed by atoms with van der Waals surface area (Å²) in [6.45, 7) is 0. The molecule has 0 atom stereocenters. The van der Waals surface area contributed by atoms with Crippen LogP contribution in [0.4, 0.5) is 10.7 Å². The van der Waals surface area contributed by atoms with Gasteiger partial charge in [0, 0.05) is 17.3 Å². The summed E-state index contributed by atoms with van der Waals surface area (Å²) in [5.41, 5.74) is 2.64. The van der Waals surface area contributed by atoms with Crippen LogP contribution in [0, 0.1) is 0 Å². The van der Waals surface area contributed by atoms with Gasteiger partial charge in [0.25, 0.3) is 11.8 Å². The number of hydrogen-bond donors (Lipinski definition) is 2. The van der Waals surface area contributed by atoms with Crippen molar-refractivity contribution in [1.82, 2.24) is 4.98 Å². The quantitative estimate of drug-likeness (QED) is 0.651. The van der Waals surface area contributed by atoms with Crippen molar-refractivity contribution < 1.29 is 14.3 Å². The molecule has 2 aromatic heterocycles. The van der Waals surface area contributed by atoms with Gasteiger partial charge in [0.2, 0.25) is 0 Å². The van der Waals surface area contributed by atoms with Crippen LogP contribution < -0.4 is 15.4 Å². The third kappa shape index (κ3) is 4.00. The minimum absolute atomic E-state index is 0.240. The second-order valence-electron chi connectivity index (χ2n) is 6.77. The molecule has 0 radical (unpaired) electrons. The molecule has 2 N–H and O–H groups in total. The first kappa shape index (κ1) is 19.1. The topological polar surface area (TPSA) is 80.3 Å². The number of benzene rings is 1. The number of thiophene rings is 1. The lowest BCUT2D eigenvalue weighted by Crippen LogP contribution is -2.19. The van der Waals surface area contributed by atoms with E-state index in [0.717, 1.165) is 31.2 Å². The van der Waals surface area contributed by atoms with Crippen LogP contribution in [0.3, 0.4) is 0 Å². The number of carbonyl (C=O) groups excluding carboxylic acids is 2. The van der Waals surface area contributed by atoms with E-state index in [9.17, 15) is 9.59 Å². The van der Waals surface area contributed by atoms with Gasteiger partial charge in [-0.3, -0.25) is 14.6 Å². The summed E-state index contributed by atoms with van der Waals surface area (Å²) in [4.78, 5) is 31.1. The van der Waals surface area contributed by atoms with Crippen LogP contribution >= 0.6 is 11.3 Å². The normalized spacial score (nSPS) is 12.7. The molecule has 0 saturated carbocycles. The van der Waals surface area contributed by atoms with Crippen molar-refractivity contribution >= 4 is 33.8 Å². The molecule has 0 unspecified atom stereocenters. The van der Waals surface area contributed by atoms with E-state index in [0.29, 0.717) is 27.6 Å². The van der Waals surface area contributed by atoms with Gasteiger partial charge in [0.05, 0.1) is 23.9 Å². The van der Waals surface area contributed by atoms with Gasteiger partial charge in [-0.15, -0.1) is 11.3 Å². The number of aromatic nitrogens is 1. The van der Waals surface area contributed by atoms with E-state index in [4.69, 9.17) is 4.74 Å². The molecule has 29 heavy (non-hydrogen) atoms. The van der Waals surface area contributed by atoms with E-state index < -0.39 is 0 Å². The van der Waals surface area contributed by atoms with E-state index in [1.54, 1.807) is 37.6 Å². The highest BCUT2D eigenvalue weighted by molar-refractivity contribution is 7.17. The monoisotopic (exact) mass is 407 g/mol. The number of amides is 2. The molecule has 4 rings (SSSR count). The molecule has 0 aliphatic heterocycles. The van der Waals surface area contributed by atoms with E-state index in [2.05, 4.69) is 15.6 Å². The van der Waals surface area contributed by atoms with Crippen LogP contribution in [-0.4, -0.2) is 23.9 Å². The molecule has 3 aromatic rings. The first-order chi connectivity index (χ1) is 14.2. The highest BCUT2D eigenvalue weighted by atomic mass is 32.1. The summed E-state index contributed by atoms with van der Waals surface area (Å²) in [7, 11) is 1.57. The molecule has 0 bridgehead atoms. The molecular formula is C22H21N3O3S. The van der Waals surface area contributed by atoms with Gasteiger partial charge in [-0.25, -0.2) is 0 Å². The number of nitrogens with zero attached hydrogens (tertiary/aromatic N) is 1. The Morgan fingerprint density at radius 1 is 1.03 bits per heavy atom. The number of aryl methyl sites for hydroxylation is 1. The fraction of sp³-hybridized carbons (Fsp3) is 0.227. The fourth-order valence-corrected chi connectivity index (χ4v) is 4.78. The maximum absolute atomic E-state index is 13.2. The minimum atomic E-state index is -0.275. The zero-order valence-electron chi connectivity index (χ0n) is 16.0. The molecule has 148 valence electrons. The molecule has 1 aliphatic carbocycles. The number of nitrogens with one attached hydrogen (secondary N) is 2. The zero-order valence-corrected chi connectivity index (χ0v) is 16.8. The number of methoxy groups -OCH3 is 1. The van der Waals surface area contributed by atoms with Crippen molar-refractivity contribution in [3.05, 3.63) is 70.4 Å². The van der Waals surface area contributed by atoms with Crippen molar-refractivity contribution in [3.63, 3.8) is 0 Å². The molecule has 7 heteroatoms. The Morgan fingerprint density at radius 2 is 1.86 bits per heavy atom. The molecule has 1 aromatic carbocycles. The SMILES string of the molecule is COc1ccccc1NC(=O)c1c(NC(=O)c2cccnc2)sc2c1CCCC2. The average Bonchev–Trinajstić information content (AvgIpc) is 3.12. The number of anilines is 2. The number of fused-ring (bicyclic) bond motifs is 1. The van der Waals surface area contributed by atoms with Crippen LogP contribution in [0.2, 0.25) is 0 Å². The van der Waals surface area contributed by atoms with Gasteiger partial charge >= 0.3 is 0 Å². The third-order valence-corrected chi connectivity index (χ3v) is 6.11. The van der Waals surface area contributed by atoms with Gasteiger partial charge in [0.15, 0.2) is 0 Å². The maximum Gasteiger partial charge on any atom is 0.259 e. The standard InChI is InChI=1S/C22H21N3O3S/c1-28-17-10-4-3-9-16(17)24-21(27)19-15-8-2-5-11-18(15)29-22(19)25-20(26)14-7-6-12-23-13-14/h3-4,6-7,9-10,12-13H,2,5,8,11H2,1H3,(H,24,27)(H,25,26). The Hall–Kier alpha value is -3.19. The van der Waals surface area contributed by atoms with Crippen LogP contribution in [0.5, 0.6) is 5.75 Å². The molecule has 2 heterocycles. The van der Waals surface area contributed by atoms with E-state index >= 15 is 0 Å². The van der Waals surface area contributed by atoms with Gasteiger partial charge < -0.3 is 15.4 Å². The van der Waals surface area contributed by atoms with E-state index in [-0.39, 0.29) is 11.8 Å². The zero-order chi connectivity index (χ0) is 20.2. The molecular weight excluding hydrogens is 386 g/mol. The van der Waals surface area contributed by atoms with Gasteiger partial charge in [-0.05, 0) is 55.5 Å². The summed E-state index contributed by atoms with van der Waals surface area (Å²) >= 11 is 1.49. The lowest BCUT2D eigenvalue weighted by Gasteiger charge is -2.14. The van der Waals surface area contributed by atoms with Crippen molar-refractivity contribution in [2.45, 2.75) is 25.7 Å². The summed E-state index contributed by atoms with van der Waals surface area (Å²) < 4.78 is 5.34. The van der Waals surface area contributed by atoms with Gasteiger partial charge in [-0.2, -0.15) is 0 Å². The van der Waals surface area contributed by atoms with E-state index in [1.165, 1.54) is 22.4 Å². The molecule has 0 spiro atoms. The molecule has 0 fully saturated rings. The number of pyridine rings is 1. The molecule has 6 nitrogen and oxygen atoms in total. The van der Waals surface area contributed by atoms with Gasteiger partial charge in [-0.1, -0.05) is 12.1 Å². The van der Waals surface area contributed by atoms with Crippen LogP contribution in [-0.2, 0) is 12.8 Å². The van der Waals surface area contributed by atoms with Crippen molar-refractivity contribution in [2.75, 3.05) is 17.7 Å². The number of hydrogen-bond acceptors (Lipinski definition) is 5. The number of rotatable bonds is 5. The summed E-state index contributed by atoms with van der Waals surface area (Å²) in [6, 6.07) is 10.7. The molecule has 0 saturated heterocycles. The molecule has 1 aliphatic rings. The highest BCUT2D eigenvalue weighted by Gasteiger charge is 2.27. The minimum Gasteiger partial charge on any atom is -0.495 e. The Bertz CT molecular complexity index is 1050. The lowest BCUT2D eigenvalue weighted by molar-refractivity contribution is 0.102. The van der Waals surface area contributed by atoms with E-state index in [1.807, 2.05) is 12.1 Å². The Kier molecular flexibility index (Phi) is 5.57. The van der Waals surface area contributed by atoms with Crippen molar-refractivity contribution in [2.24, 2.45) is 0 Å². The predicted molar refractivity (Wildman–Crippen MR) is 114 cm³/mol. The van der Waals surface area contributed by atoms with Crippen LogP contribution in [0.15, 0.2) is 48.8 Å². The summed E-state index contributed by atoms with van der Waals surface area (Å²) in [5, 5.41) is 6.45. The summed E-state index contributed by atoms with van der Waals surface area (Å²) in [5.74, 6) is 0.0734. The number of carbonyl (C=O) groups is 2. The summed E-state index contributed by atoms with van der Waals surface area (Å²) in [6.07, 6.45) is 7.02. The Labute approximate surface area is 172 Å². The maximum atomic E-state index is 13.2. The third-order valence-electron chi connectivity index (χ3n) is 4.90. The largest absolute Gasteiger partial charge is 0.495 e. The predicted octanol–water partition coefficient (Wildman–Crippen LogP) is 4.54. The first-order valence-corrected chi connectivity index (χ1v) is 10.3. The second kappa shape index (κ2) is 8.45. The van der Waals surface area contributed by atoms with Crippen LogP contribution in [0.1, 0.15) is 44.0 Å².